The number of hydrogen-bond acceptors (Lipinski definition) is 2. The van der Waals surface area contributed by atoms with Gasteiger partial charge in [0, 0.05) is 20.0 Å². The van der Waals surface area contributed by atoms with Crippen LogP contribution in [0.4, 0.5) is 0 Å². The minimum absolute atomic E-state index is 0.443. The van der Waals surface area contributed by atoms with Crippen molar-refractivity contribution < 1.29 is 9.53 Å². The summed E-state index contributed by atoms with van der Waals surface area (Å²) in [6.45, 7) is 0. The van der Waals surface area contributed by atoms with Crippen molar-refractivity contribution in [2.24, 2.45) is 11.8 Å². The van der Waals surface area contributed by atoms with Crippen LogP contribution in [0.5, 0.6) is 0 Å². The van der Waals surface area contributed by atoms with Crippen LogP contribution in [0.25, 0.3) is 0 Å². The molecule has 0 N–H and O–H groups in total. The van der Waals surface area contributed by atoms with E-state index in [0.29, 0.717) is 23.7 Å². The lowest BCUT2D eigenvalue weighted by atomic mass is 10.0. The molecule has 2 aliphatic rings. The fraction of sp³-hybridized carbons (Fsp3) is 0.889. The number of hydrogen-bond donors (Lipinski definition) is 0. The first-order chi connectivity index (χ1) is 5.29. The zero-order valence-electron chi connectivity index (χ0n) is 6.88. The van der Waals surface area contributed by atoms with Gasteiger partial charge in [0.05, 0.1) is 6.10 Å². The molecule has 62 valence electrons. The summed E-state index contributed by atoms with van der Waals surface area (Å²) in [6.07, 6.45) is 4.33. The summed E-state index contributed by atoms with van der Waals surface area (Å²) < 4.78 is 5.27. The molecule has 2 heteroatoms. The van der Waals surface area contributed by atoms with Crippen LogP contribution in [-0.4, -0.2) is 19.0 Å². The van der Waals surface area contributed by atoms with Crippen LogP contribution < -0.4 is 0 Å². The lowest BCUT2D eigenvalue weighted by molar-refractivity contribution is -0.118. The van der Waals surface area contributed by atoms with Gasteiger partial charge in [-0.1, -0.05) is 0 Å². The number of Topliss-reactive ketones (excluding diaryl/α,β-unsaturated/α-hetero) is 1. The topological polar surface area (TPSA) is 26.3 Å². The van der Waals surface area contributed by atoms with E-state index < -0.39 is 0 Å². The molecule has 0 spiro atoms. The normalized spacial score (nSPS) is 43.0. The minimum Gasteiger partial charge on any atom is -0.381 e. The zero-order chi connectivity index (χ0) is 7.84. The van der Waals surface area contributed by atoms with Crippen molar-refractivity contribution in [3.63, 3.8) is 0 Å². The third kappa shape index (κ3) is 1.20. The van der Waals surface area contributed by atoms with Crippen LogP contribution in [0, 0.1) is 11.8 Å². The van der Waals surface area contributed by atoms with Crippen LogP contribution >= 0.6 is 0 Å². The summed E-state index contributed by atoms with van der Waals surface area (Å²) in [4.78, 5) is 11.0. The van der Waals surface area contributed by atoms with Gasteiger partial charge in [-0.3, -0.25) is 4.79 Å². The van der Waals surface area contributed by atoms with E-state index in [9.17, 15) is 4.79 Å². The molecule has 0 aromatic carbocycles. The average Bonchev–Trinajstić information content (AvgIpc) is 2.43. The Morgan fingerprint density at radius 3 is 2.27 bits per heavy atom. The second kappa shape index (κ2) is 2.59. The molecule has 0 aliphatic heterocycles. The highest BCUT2D eigenvalue weighted by atomic mass is 16.5. The Bertz CT molecular complexity index is 160. The Labute approximate surface area is 66.9 Å². The van der Waals surface area contributed by atoms with E-state index >= 15 is 0 Å². The molecule has 0 aromatic rings. The van der Waals surface area contributed by atoms with E-state index in [1.165, 1.54) is 0 Å². The van der Waals surface area contributed by atoms with Gasteiger partial charge in [-0.15, -0.1) is 0 Å². The maximum Gasteiger partial charge on any atom is 0.133 e. The molecule has 0 aromatic heterocycles. The smallest absolute Gasteiger partial charge is 0.133 e. The van der Waals surface area contributed by atoms with Gasteiger partial charge in [0.2, 0.25) is 0 Å². The molecule has 2 aliphatic carbocycles. The largest absolute Gasteiger partial charge is 0.381 e. The van der Waals surface area contributed by atoms with E-state index in [0.717, 1.165) is 25.7 Å². The molecule has 1 unspecified atom stereocenters. The predicted octanol–water partition coefficient (Wildman–Crippen LogP) is 1.39. The van der Waals surface area contributed by atoms with Gasteiger partial charge in [0.1, 0.15) is 5.78 Å². The Hall–Kier alpha value is -0.370. The number of rotatable bonds is 1. The minimum atomic E-state index is 0.443. The molecule has 0 bridgehead atoms. The average molecular weight is 154 g/mol. The van der Waals surface area contributed by atoms with Gasteiger partial charge in [0.25, 0.3) is 0 Å². The lowest BCUT2D eigenvalue weighted by Crippen LogP contribution is -2.07. The Morgan fingerprint density at radius 2 is 1.82 bits per heavy atom. The van der Waals surface area contributed by atoms with E-state index in [2.05, 4.69) is 0 Å². The first-order valence-electron chi connectivity index (χ1n) is 4.34. The van der Waals surface area contributed by atoms with Crippen molar-refractivity contribution in [3.8, 4) is 0 Å². The fourth-order valence-electron chi connectivity index (χ4n) is 2.52. The van der Waals surface area contributed by atoms with Crippen molar-refractivity contribution in [1.29, 1.82) is 0 Å². The summed E-state index contributed by atoms with van der Waals surface area (Å²) in [6, 6.07) is 0. The second-order valence-electron chi connectivity index (χ2n) is 3.80. The van der Waals surface area contributed by atoms with E-state index in [1.807, 2.05) is 0 Å². The number of fused-ring (bicyclic) bond motifs is 1. The molecular formula is C9H14O2. The highest BCUT2D eigenvalue weighted by Gasteiger charge is 2.40. The third-order valence-corrected chi connectivity index (χ3v) is 3.11. The number of ketones is 1. The van der Waals surface area contributed by atoms with E-state index in [1.54, 1.807) is 7.11 Å². The lowest BCUT2D eigenvalue weighted by Gasteiger charge is -2.06. The summed E-state index contributed by atoms with van der Waals surface area (Å²) in [7, 11) is 1.77. The van der Waals surface area contributed by atoms with Crippen molar-refractivity contribution in [2.75, 3.05) is 7.11 Å². The quantitative estimate of drug-likeness (QED) is 0.570. The van der Waals surface area contributed by atoms with Crippen LogP contribution in [0.2, 0.25) is 0 Å². The van der Waals surface area contributed by atoms with Crippen molar-refractivity contribution >= 4 is 5.78 Å². The molecule has 2 nitrogen and oxygen atoms in total. The number of ether oxygens (including phenoxy) is 1. The van der Waals surface area contributed by atoms with Gasteiger partial charge < -0.3 is 4.74 Å². The van der Waals surface area contributed by atoms with Gasteiger partial charge in [-0.25, -0.2) is 0 Å². The van der Waals surface area contributed by atoms with Crippen LogP contribution in [-0.2, 0) is 9.53 Å². The monoisotopic (exact) mass is 154 g/mol. The SMILES string of the molecule is COC1C[C@H]2CC(=O)C[C@H]2C1. The Kier molecular flexibility index (Phi) is 1.72. The maximum atomic E-state index is 11.0. The first-order valence-corrected chi connectivity index (χ1v) is 4.34. The van der Waals surface area contributed by atoms with Crippen molar-refractivity contribution in [3.05, 3.63) is 0 Å². The Balaban J connectivity index is 1.98. The molecule has 2 saturated carbocycles. The molecule has 3 atom stereocenters. The van der Waals surface area contributed by atoms with E-state index in [4.69, 9.17) is 4.74 Å². The zero-order valence-corrected chi connectivity index (χ0v) is 6.88. The third-order valence-electron chi connectivity index (χ3n) is 3.11. The maximum absolute atomic E-state index is 11.0. The molecule has 2 rings (SSSR count). The molecule has 0 heterocycles. The van der Waals surface area contributed by atoms with E-state index in [-0.39, 0.29) is 0 Å². The number of methoxy groups -OCH3 is 1. The summed E-state index contributed by atoms with van der Waals surface area (Å²) in [5.41, 5.74) is 0. The first kappa shape index (κ1) is 7.29. The molecule has 0 saturated heterocycles. The van der Waals surface area contributed by atoms with Gasteiger partial charge in [-0.05, 0) is 24.7 Å². The fourth-order valence-corrected chi connectivity index (χ4v) is 2.52. The van der Waals surface area contributed by atoms with Crippen LogP contribution in [0.3, 0.4) is 0 Å². The summed E-state index contributed by atoms with van der Waals surface area (Å²) in [5.74, 6) is 1.79. The number of carbonyl (C=O) groups excluding carboxylic acids is 1. The molecule has 0 amide bonds. The standard InChI is InChI=1S/C9H14O2/c1-11-9-4-6-2-8(10)3-7(6)5-9/h6-7,9H,2-5H2,1H3/t6-,7+,9?. The van der Waals surface area contributed by atoms with Gasteiger partial charge in [0.15, 0.2) is 0 Å². The predicted molar refractivity (Wildman–Crippen MR) is 41.3 cm³/mol. The molecule has 0 radical (unpaired) electrons. The van der Waals surface area contributed by atoms with Gasteiger partial charge >= 0.3 is 0 Å². The van der Waals surface area contributed by atoms with Crippen molar-refractivity contribution in [1.82, 2.24) is 0 Å². The number of carbonyl (C=O) groups is 1. The van der Waals surface area contributed by atoms with Crippen molar-refractivity contribution in [2.45, 2.75) is 31.8 Å². The second-order valence-corrected chi connectivity index (χ2v) is 3.80. The highest BCUT2D eigenvalue weighted by Crippen LogP contribution is 2.43. The molecule has 2 fully saturated rings. The van der Waals surface area contributed by atoms with Gasteiger partial charge in [-0.2, -0.15) is 0 Å². The Morgan fingerprint density at radius 1 is 1.27 bits per heavy atom. The summed E-state index contributed by atoms with van der Waals surface area (Å²) in [5, 5.41) is 0. The van der Waals surface area contributed by atoms with Crippen LogP contribution in [0.1, 0.15) is 25.7 Å². The molecule has 11 heavy (non-hydrogen) atoms. The van der Waals surface area contributed by atoms with Crippen LogP contribution in [0.15, 0.2) is 0 Å². The summed E-state index contributed by atoms with van der Waals surface area (Å²) >= 11 is 0. The molecular weight excluding hydrogens is 140 g/mol. The highest BCUT2D eigenvalue weighted by molar-refractivity contribution is 5.81.